The first-order valence-corrected chi connectivity index (χ1v) is 5.15. The molecule has 0 saturated heterocycles. The Morgan fingerprint density at radius 1 is 1.38 bits per heavy atom. The number of aliphatic carboxylic acids is 1. The van der Waals surface area contributed by atoms with Gasteiger partial charge in [-0.15, -0.1) is 0 Å². The molecule has 1 rings (SSSR count). The van der Waals surface area contributed by atoms with Crippen LogP contribution in [0.3, 0.4) is 0 Å². The number of carbonyl (C=O) groups excluding carboxylic acids is 1. The van der Waals surface area contributed by atoms with E-state index in [9.17, 15) is 9.59 Å². The van der Waals surface area contributed by atoms with Gasteiger partial charge in [0.15, 0.2) is 6.29 Å². The highest BCUT2D eigenvalue weighted by atomic mass is 16.4. The molecule has 0 spiro atoms. The van der Waals surface area contributed by atoms with Crippen molar-refractivity contribution in [1.82, 2.24) is 4.57 Å². The maximum absolute atomic E-state index is 10.7. The molecule has 0 aliphatic rings. The highest BCUT2D eigenvalue weighted by Gasteiger charge is 2.06. The summed E-state index contributed by atoms with van der Waals surface area (Å²) in [5.41, 5.74) is 1.19. The third-order valence-corrected chi connectivity index (χ3v) is 2.41. The third-order valence-electron chi connectivity index (χ3n) is 2.41. The number of aldehydes is 1. The van der Waals surface area contributed by atoms with Gasteiger partial charge in [0, 0.05) is 18.7 Å². The highest BCUT2D eigenvalue weighted by Crippen LogP contribution is 2.10. The van der Waals surface area contributed by atoms with Crippen molar-refractivity contribution < 1.29 is 19.8 Å². The number of aliphatic hydroxyl groups excluding tert-OH is 1. The molecule has 0 fully saturated rings. The molecule has 0 amide bonds. The van der Waals surface area contributed by atoms with E-state index in [1.807, 2.05) is 0 Å². The fourth-order valence-corrected chi connectivity index (χ4v) is 1.59. The van der Waals surface area contributed by atoms with Crippen LogP contribution in [0.1, 0.15) is 35.4 Å². The van der Waals surface area contributed by atoms with Gasteiger partial charge in [-0.25, -0.2) is 0 Å². The molecule has 5 heteroatoms. The zero-order valence-electron chi connectivity index (χ0n) is 8.93. The molecule has 0 atom stereocenters. The first-order valence-electron chi connectivity index (χ1n) is 5.15. The lowest BCUT2D eigenvalue weighted by Gasteiger charge is -2.08. The van der Waals surface area contributed by atoms with Crippen LogP contribution in [-0.4, -0.2) is 27.0 Å². The Balaban J connectivity index is 2.54. The Bertz CT molecular complexity index is 370. The molecule has 0 aliphatic carbocycles. The number of rotatable bonds is 7. The summed E-state index contributed by atoms with van der Waals surface area (Å²) in [7, 11) is 0. The van der Waals surface area contributed by atoms with Gasteiger partial charge in [0.1, 0.15) is 0 Å². The quantitative estimate of drug-likeness (QED) is 0.537. The lowest BCUT2D eigenvalue weighted by atomic mass is 10.2. The van der Waals surface area contributed by atoms with Gasteiger partial charge in [-0.05, 0) is 25.0 Å². The van der Waals surface area contributed by atoms with E-state index >= 15 is 0 Å². The fraction of sp³-hybridized carbons (Fsp3) is 0.455. The molecule has 0 aromatic carbocycles. The lowest BCUT2D eigenvalue weighted by Crippen LogP contribution is -2.07. The molecular formula is C11H15NO4. The molecule has 0 unspecified atom stereocenters. The molecule has 5 nitrogen and oxygen atoms in total. The normalized spacial score (nSPS) is 10.3. The number of unbranched alkanes of at least 4 members (excludes halogenated alkanes) is 1. The maximum atomic E-state index is 10.7. The van der Waals surface area contributed by atoms with Crippen molar-refractivity contribution in [2.24, 2.45) is 0 Å². The van der Waals surface area contributed by atoms with Crippen molar-refractivity contribution in [3.05, 3.63) is 23.5 Å². The molecule has 88 valence electrons. The lowest BCUT2D eigenvalue weighted by molar-refractivity contribution is -0.137. The van der Waals surface area contributed by atoms with Gasteiger partial charge in [-0.2, -0.15) is 0 Å². The van der Waals surface area contributed by atoms with Crippen molar-refractivity contribution in [2.75, 3.05) is 0 Å². The largest absolute Gasteiger partial charge is 0.481 e. The highest BCUT2D eigenvalue weighted by molar-refractivity contribution is 5.72. The monoisotopic (exact) mass is 225 g/mol. The van der Waals surface area contributed by atoms with Gasteiger partial charge >= 0.3 is 5.97 Å². The molecule has 0 aliphatic heterocycles. The van der Waals surface area contributed by atoms with E-state index in [0.29, 0.717) is 30.8 Å². The molecule has 0 radical (unpaired) electrons. The van der Waals surface area contributed by atoms with Crippen molar-refractivity contribution in [3.8, 4) is 0 Å². The molecule has 1 aromatic rings. The van der Waals surface area contributed by atoms with Gasteiger partial charge in [0.25, 0.3) is 0 Å². The summed E-state index contributed by atoms with van der Waals surface area (Å²) in [5.74, 6) is -0.814. The summed E-state index contributed by atoms with van der Waals surface area (Å²) in [6, 6.07) is 3.34. The molecule has 0 saturated carbocycles. The second-order valence-electron chi connectivity index (χ2n) is 3.53. The van der Waals surface area contributed by atoms with Gasteiger partial charge in [-0.1, -0.05) is 0 Å². The van der Waals surface area contributed by atoms with Crippen LogP contribution in [0.2, 0.25) is 0 Å². The molecule has 0 bridgehead atoms. The fourth-order valence-electron chi connectivity index (χ4n) is 1.59. The maximum Gasteiger partial charge on any atom is 0.303 e. The topological polar surface area (TPSA) is 79.5 Å². The van der Waals surface area contributed by atoms with E-state index < -0.39 is 5.97 Å². The Kier molecular flexibility index (Phi) is 4.72. The van der Waals surface area contributed by atoms with Gasteiger partial charge in [0.05, 0.1) is 12.3 Å². The van der Waals surface area contributed by atoms with E-state index in [1.165, 1.54) is 0 Å². The minimum atomic E-state index is -0.814. The summed E-state index contributed by atoms with van der Waals surface area (Å²) in [6.45, 7) is 0.441. The smallest absolute Gasteiger partial charge is 0.303 e. The van der Waals surface area contributed by atoms with Crippen LogP contribution in [0.5, 0.6) is 0 Å². The second-order valence-corrected chi connectivity index (χ2v) is 3.53. The summed E-state index contributed by atoms with van der Waals surface area (Å²) < 4.78 is 1.72. The zero-order chi connectivity index (χ0) is 12.0. The molecule has 16 heavy (non-hydrogen) atoms. The van der Waals surface area contributed by atoms with Crippen molar-refractivity contribution >= 4 is 12.3 Å². The first kappa shape index (κ1) is 12.4. The van der Waals surface area contributed by atoms with E-state index in [-0.39, 0.29) is 13.0 Å². The van der Waals surface area contributed by atoms with Crippen molar-refractivity contribution in [2.45, 2.75) is 32.4 Å². The Morgan fingerprint density at radius 2 is 2.12 bits per heavy atom. The predicted octanol–water partition coefficient (Wildman–Crippen LogP) is 1.05. The van der Waals surface area contributed by atoms with Crippen LogP contribution < -0.4 is 0 Å². The number of nitrogens with zero attached hydrogens (tertiary/aromatic N) is 1. The number of carboxylic acids is 1. The van der Waals surface area contributed by atoms with Crippen LogP contribution in [0.25, 0.3) is 0 Å². The second kappa shape index (κ2) is 6.07. The molecule has 1 heterocycles. The number of hydrogen-bond acceptors (Lipinski definition) is 3. The van der Waals surface area contributed by atoms with Gasteiger partial charge < -0.3 is 14.8 Å². The van der Waals surface area contributed by atoms with E-state index in [4.69, 9.17) is 10.2 Å². The SMILES string of the molecule is O=Cc1ccc(CO)n1CCCCC(=O)O. The van der Waals surface area contributed by atoms with Crippen molar-refractivity contribution in [3.63, 3.8) is 0 Å². The van der Waals surface area contributed by atoms with Crippen molar-refractivity contribution in [1.29, 1.82) is 0 Å². The molecule has 1 aromatic heterocycles. The number of aliphatic hydroxyl groups is 1. The molecular weight excluding hydrogens is 210 g/mol. The number of carbonyl (C=O) groups is 2. The van der Waals surface area contributed by atoms with Crippen LogP contribution in [0, 0.1) is 0 Å². The summed E-state index contributed by atoms with van der Waals surface area (Å²) >= 11 is 0. The van der Waals surface area contributed by atoms with E-state index in [1.54, 1.807) is 16.7 Å². The van der Waals surface area contributed by atoms with Crippen LogP contribution in [-0.2, 0) is 17.9 Å². The van der Waals surface area contributed by atoms with Crippen LogP contribution >= 0.6 is 0 Å². The minimum absolute atomic E-state index is 0.118. The van der Waals surface area contributed by atoms with Gasteiger partial charge in [0.2, 0.25) is 0 Å². The standard InChI is InChI=1S/C11H15NO4/c13-7-9-4-5-10(8-14)12(9)6-2-1-3-11(15)16/h4-5,7,14H,1-3,6,8H2,(H,15,16). The van der Waals surface area contributed by atoms with Crippen LogP contribution in [0.15, 0.2) is 12.1 Å². The predicted molar refractivity (Wildman–Crippen MR) is 57.2 cm³/mol. The van der Waals surface area contributed by atoms with E-state index in [2.05, 4.69) is 0 Å². The number of hydrogen-bond donors (Lipinski definition) is 2. The summed E-state index contributed by atoms with van der Waals surface area (Å²) in [5, 5.41) is 17.5. The average molecular weight is 225 g/mol. The summed E-state index contributed by atoms with van der Waals surface area (Å²) in [6.07, 6.45) is 2.11. The zero-order valence-corrected chi connectivity index (χ0v) is 8.93. The number of aromatic nitrogens is 1. The Morgan fingerprint density at radius 3 is 2.69 bits per heavy atom. The summed E-state index contributed by atoms with van der Waals surface area (Å²) in [4.78, 5) is 21.0. The van der Waals surface area contributed by atoms with E-state index in [0.717, 1.165) is 6.29 Å². The Labute approximate surface area is 93.3 Å². The first-order chi connectivity index (χ1) is 7.69. The van der Waals surface area contributed by atoms with Gasteiger partial charge in [-0.3, -0.25) is 9.59 Å². The molecule has 2 N–H and O–H groups in total. The minimum Gasteiger partial charge on any atom is -0.481 e. The number of carboxylic acid groups (broad SMARTS) is 1. The average Bonchev–Trinajstić information content (AvgIpc) is 2.66. The third kappa shape index (κ3) is 3.20. The van der Waals surface area contributed by atoms with Crippen LogP contribution in [0.4, 0.5) is 0 Å². The Hall–Kier alpha value is -1.62.